The molecule has 5 atom stereocenters. The number of esters is 1. The van der Waals surface area contributed by atoms with Gasteiger partial charge in [-0.3, -0.25) is 23.7 Å². The van der Waals surface area contributed by atoms with E-state index in [1.54, 1.807) is 24.3 Å². The fourth-order valence-electron chi connectivity index (χ4n) is 4.11. The summed E-state index contributed by atoms with van der Waals surface area (Å²) in [6.07, 6.45) is -1.39. The second-order valence-corrected chi connectivity index (χ2v) is 11.0. The van der Waals surface area contributed by atoms with Gasteiger partial charge < -0.3 is 19.1 Å². The maximum atomic E-state index is 14.0. The van der Waals surface area contributed by atoms with Crippen LogP contribution in [-0.2, 0) is 23.4 Å². The number of hydrogen-bond acceptors (Lipinski definition) is 9. The van der Waals surface area contributed by atoms with E-state index < -0.39 is 61.9 Å². The van der Waals surface area contributed by atoms with Gasteiger partial charge in [-0.2, -0.15) is 9.48 Å². The highest BCUT2D eigenvalue weighted by molar-refractivity contribution is 7.52. The number of carbonyl (C=O) groups excluding carboxylic acids is 1. The molecule has 0 saturated carbocycles. The monoisotopic (exact) mass is 579 g/mol. The average Bonchev–Trinajstić information content (AvgIpc) is 3.30. The van der Waals surface area contributed by atoms with Crippen LogP contribution in [0.15, 0.2) is 58.3 Å². The van der Waals surface area contributed by atoms with E-state index >= 15 is 0 Å². The lowest BCUT2D eigenvalue weighted by atomic mass is 10.1. The molecule has 2 heterocycles. The molecule has 0 bridgehead atoms. The van der Waals surface area contributed by atoms with Crippen molar-refractivity contribution in [2.24, 2.45) is 0 Å². The first-order valence-electron chi connectivity index (χ1n) is 12.8. The Morgan fingerprint density at radius 1 is 1.27 bits per heavy atom. The number of aliphatic hydroxyl groups excluding tert-OH is 1. The van der Waals surface area contributed by atoms with Crippen LogP contribution < -0.4 is 20.9 Å². The van der Waals surface area contributed by atoms with Crippen molar-refractivity contribution in [2.45, 2.75) is 57.6 Å². The number of ether oxygens (including phenoxy) is 2. The molecule has 0 aliphatic carbocycles. The summed E-state index contributed by atoms with van der Waals surface area (Å²) in [5, 5.41) is 14.6. The molecule has 1 aromatic heterocycles. The summed E-state index contributed by atoms with van der Waals surface area (Å²) in [5.41, 5.74) is -2.10. The number of aliphatic hydroxyl groups is 1. The van der Waals surface area contributed by atoms with Gasteiger partial charge in [0.05, 0.1) is 25.5 Å². The van der Waals surface area contributed by atoms with E-state index in [0.717, 1.165) is 16.4 Å². The molecule has 0 radical (unpaired) electrons. The van der Waals surface area contributed by atoms with Gasteiger partial charge in [0.2, 0.25) is 5.82 Å². The lowest BCUT2D eigenvalue weighted by molar-refractivity contribution is -0.145. The van der Waals surface area contributed by atoms with Gasteiger partial charge in [0, 0.05) is 11.8 Å². The summed E-state index contributed by atoms with van der Waals surface area (Å²) >= 11 is 0. The number of rotatable bonds is 12. The van der Waals surface area contributed by atoms with Crippen LogP contribution in [0.5, 0.6) is 5.75 Å². The molecule has 1 fully saturated rings. The topological polar surface area (TPSA) is 158 Å². The van der Waals surface area contributed by atoms with E-state index in [1.165, 1.54) is 6.92 Å². The molecule has 1 saturated heterocycles. The van der Waals surface area contributed by atoms with Gasteiger partial charge in [0.25, 0.3) is 5.56 Å². The molecule has 40 heavy (non-hydrogen) atoms. The highest BCUT2D eigenvalue weighted by Crippen LogP contribution is 2.47. The number of benzene rings is 2. The number of nitrogens with zero attached hydrogens (tertiary/aromatic N) is 1. The first-order chi connectivity index (χ1) is 19.1. The predicted molar refractivity (Wildman–Crippen MR) is 142 cm³/mol. The van der Waals surface area contributed by atoms with Gasteiger partial charge in [0.1, 0.15) is 24.1 Å². The van der Waals surface area contributed by atoms with Crippen LogP contribution in [0.4, 0.5) is 4.39 Å². The van der Waals surface area contributed by atoms with Gasteiger partial charge in [0.15, 0.2) is 0 Å². The van der Waals surface area contributed by atoms with Crippen molar-refractivity contribution in [1.29, 1.82) is 0 Å². The predicted octanol–water partition coefficient (Wildman–Crippen LogP) is 3.00. The number of unbranched alkanes of at least 4 members (excludes halogenated alkanes) is 1. The van der Waals surface area contributed by atoms with Crippen LogP contribution in [0.25, 0.3) is 10.8 Å². The molecule has 4 rings (SSSR count). The van der Waals surface area contributed by atoms with Gasteiger partial charge in [-0.1, -0.05) is 49.7 Å². The zero-order valence-electron chi connectivity index (χ0n) is 21.9. The van der Waals surface area contributed by atoms with Crippen LogP contribution in [-0.4, -0.2) is 52.1 Å². The van der Waals surface area contributed by atoms with Crippen molar-refractivity contribution < 1.29 is 37.4 Å². The minimum atomic E-state index is -4.31. The van der Waals surface area contributed by atoms with Crippen LogP contribution >= 0.6 is 7.75 Å². The van der Waals surface area contributed by atoms with E-state index in [9.17, 15) is 28.4 Å². The first kappa shape index (κ1) is 29.6. The SMILES string of the molecule is CCCCOC(=O)[C@H](C)NP(=O)(OC[C@H]1O[C@@H](n2cc(F)c(=O)[nH]c2=O)C[C@H]1O)Oc1cccc2ccccc12. The normalized spacial score (nSPS) is 21.1. The van der Waals surface area contributed by atoms with Crippen molar-refractivity contribution in [1.82, 2.24) is 14.6 Å². The fourth-order valence-corrected chi connectivity index (χ4v) is 5.63. The largest absolute Gasteiger partial charge is 0.465 e. The van der Waals surface area contributed by atoms with Gasteiger partial charge in [-0.15, -0.1) is 0 Å². The molecule has 0 spiro atoms. The van der Waals surface area contributed by atoms with Crippen molar-refractivity contribution in [2.75, 3.05) is 13.2 Å². The molecular weight excluding hydrogens is 548 g/mol. The number of aromatic nitrogens is 2. The number of hydrogen-bond donors (Lipinski definition) is 3. The van der Waals surface area contributed by atoms with Gasteiger partial charge in [-0.05, 0) is 24.8 Å². The van der Waals surface area contributed by atoms with Gasteiger partial charge in [-0.25, -0.2) is 9.36 Å². The fraction of sp³-hybridized carbons (Fsp3) is 0.423. The Kier molecular flexibility index (Phi) is 9.54. The van der Waals surface area contributed by atoms with E-state index in [0.29, 0.717) is 18.0 Å². The maximum Gasteiger partial charge on any atom is 0.459 e. The van der Waals surface area contributed by atoms with Crippen LogP contribution in [0.1, 0.15) is 39.3 Å². The summed E-state index contributed by atoms with van der Waals surface area (Å²) < 4.78 is 50.9. The zero-order valence-corrected chi connectivity index (χ0v) is 22.8. The number of aromatic amines is 1. The zero-order chi connectivity index (χ0) is 28.9. The van der Waals surface area contributed by atoms with Crippen LogP contribution in [0, 0.1) is 5.82 Å². The van der Waals surface area contributed by atoms with E-state index in [-0.39, 0.29) is 18.8 Å². The summed E-state index contributed by atoms with van der Waals surface area (Å²) in [6, 6.07) is 11.3. The summed E-state index contributed by atoms with van der Waals surface area (Å²) in [6.45, 7) is 3.12. The number of fused-ring (bicyclic) bond motifs is 1. The summed E-state index contributed by atoms with van der Waals surface area (Å²) in [4.78, 5) is 37.8. The maximum absolute atomic E-state index is 14.0. The lowest BCUT2D eigenvalue weighted by Crippen LogP contribution is -2.36. The van der Waals surface area contributed by atoms with Crippen molar-refractivity contribution in [3.63, 3.8) is 0 Å². The van der Waals surface area contributed by atoms with Crippen molar-refractivity contribution >= 4 is 24.5 Å². The number of carbonyl (C=O) groups is 1. The second-order valence-electron chi connectivity index (χ2n) is 9.31. The minimum Gasteiger partial charge on any atom is -0.465 e. The van der Waals surface area contributed by atoms with Crippen LogP contribution in [0.3, 0.4) is 0 Å². The molecule has 3 N–H and O–H groups in total. The molecule has 0 amide bonds. The molecule has 216 valence electrons. The van der Waals surface area contributed by atoms with E-state index in [1.807, 2.05) is 30.1 Å². The number of H-pyrrole nitrogens is 1. The smallest absolute Gasteiger partial charge is 0.459 e. The molecule has 2 aromatic carbocycles. The second kappa shape index (κ2) is 12.9. The number of nitrogens with one attached hydrogen (secondary N) is 2. The van der Waals surface area contributed by atoms with Crippen molar-refractivity contribution in [3.8, 4) is 5.75 Å². The van der Waals surface area contributed by atoms with Gasteiger partial charge >= 0.3 is 19.4 Å². The molecular formula is C26H31FN3O9P. The Balaban J connectivity index is 1.53. The van der Waals surface area contributed by atoms with E-state index in [4.69, 9.17) is 18.5 Å². The van der Waals surface area contributed by atoms with E-state index in [2.05, 4.69) is 5.09 Å². The third-order valence-corrected chi connectivity index (χ3v) is 7.89. The third-order valence-electron chi connectivity index (χ3n) is 6.26. The summed E-state index contributed by atoms with van der Waals surface area (Å²) in [5.74, 6) is -1.63. The first-order valence-corrected chi connectivity index (χ1v) is 14.4. The Morgan fingerprint density at radius 2 is 2.02 bits per heavy atom. The molecule has 1 unspecified atom stereocenters. The molecule has 1 aliphatic heterocycles. The highest BCUT2D eigenvalue weighted by atomic mass is 31.2. The van der Waals surface area contributed by atoms with Crippen molar-refractivity contribution in [3.05, 3.63) is 75.3 Å². The molecule has 1 aliphatic rings. The molecule has 3 aromatic rings. The van der Waals surface area contributed by atoms with Crippen LogP contribution in [0.2, 0.25) is 0 Å². The Labute approximate surface area is 228 Å². The quantitative estimate of drug-likeness (QED) is 0.165. The number of halogens is 1. The molecule has 12 nitrogen and oxygen atoms in total. The third kappa shape index (κ3) is 7.04. The minimum absolute atomic E-state index is 0.137. The standard InChI is InChI=1S/C26H31FN3O9P/c1-3-4-12-36-25(33)16(2)29-40(35,39-21-11-7-9-17-8-5-6-10-18(17)21)37-15-22-20(31)13-23(38-22)30-14-19(27)24(32)28-26(30)34/h5-11,14,16,20,22-23,31H,3-4,12-13,15H2,1-2H3,(H,29,35)(H,28,32,34)/t16-,20+,22+,23+,40?/m0/s1. The Bertz CT molecular complexity index is 1510. The Morgan fingerprint density at radius 3 is 2.80 bits per heavy atom. The average molecular weight is 580 g/mol. The summed E-state index contributed by atoms with van der Waals surface area (Å²) in [7, 11) is -4.31. The lowest BCUT2D eigenvalue weighted by Gasteiger charge is -2.25. The Hall–Kier alpha value is -3.35. The highest BCUT2D eigenvalue weighted by Gasteiger charge is 2.40. The molecule has 14 heteroatoms.